The molecule has 2 amide bonds. The van der Waals surface area contributed by atoms with Crippen molar-refractivity contribution in [3.8, 4) is 5.75 Å². The minimum atomic E-state index is -0.281. The Kier molecular flexibility index (Phi) is 3.98. The molecule has 0 unspecified atom stereocenters. The zero-order valence-corrected chi connectivity index (χ0v) is 15.9. The third-order valence-corrected chi connectivity index (χ3v) is 5.23. The van der Waals surface area contributed by atoms with Crippen molar-refractivity contribution in [2.24, 2.45) is 0 Å². The van der Waals surface area contributed by atoms with Crippen LogP contribution in [0.5, 0.6) is 5.75 Å². The average molecular weight is 385 g/mol. The summed E-state index contributed by atoms with van der Waals surface area (Å²) in [6.45, 7) is 2.90. The maximum absolute atomic E-state index is 12.9. The lowest BCUT2D eigenvalue weighted by atomic mass is 10.1. The van der Waals surface area contributed by atoms with Crippen LogP contribution in [0, 0.1) is 0 Å². The number of rotatable bonds is 3. The molecule has 0 saturated heterocycles. The highest BCUT2D eigenvalue weighted by molar-refractivity contribution is 6.12. The van der Waals surface area contributed by atoms with Gasteiger partial charge in [-0.2, -0.15) is 0 Å². The van der Waals surface area contributed by atoms with Crippen LogP contribution in [0.1, 0.15) is 17.3 Å². The second-order valence-electron chi connectivity index (χ2n) is 6.97. The second kappa shape index (κ2) is 6.67. The van der Waals surface area contributed by atoms with Crippen LogP contribution in [0.2, 0.25) is 0 Å². The first-order valence-electron chi connectivity index (χ1n) is 9.53. The Morgan fingerprint density at radius 3 is 2.76 bits per heavy atom. The van der Waals surface area contributed by atoms with E-state index in [9.17, 15) is 9.59 Å². The summed E-state index contributed by atoms with van der Waals surface area (Å²) in [5, 5.41) is 7.94. The quantitative estimate of drug-likeness (QED) is 0.549. The van der Waals surface area contributed by atoms with E-state index in [1.807, 2.05) is 30.3 Å². The Morgan fingerprint density at radius 2 is 1.90 bits per heavy atom. The smallest absolute Gasteiger partial charge is 0.262 e. The third-order valence-electron chi connectivity index (χ3n) is 5.23. The molecule has 0 saturated carbocycles. The Balaban J connectivity index is 1.53. The number of nitrogens with zero attached hydrogens (tertiary/aromatic N) is 1. The number of amides is 2. The predicted octanol–water partition coefficient (Wildman–Crippen LogP) is 4.40. The number of para-hydroxylation sites is 2. The van der Waals surface area contributed by atoms with Crippen LogP contribution in [-0.2, 0) is 11.3 Å². The Bertz CT molecular complexity index is 1290. The van der Waals surface area contributed by atoms with Gasteiger partial charge in [0, 0.05) is 34.0 Å². The molecule has 0 bridgehead atoms. The monoisotopic (exact) mass is 385 g/mol. The Morgan fingerprint density at radius 1 is 1.07 bits per heavy atom. The molecular formula is C23H19N3O3. The van der Waals surface area contributed by atoms with Crippen molar-refractivity contribution in [1.82, 2.24) is 4.57 Å². The lowest BCUT2D eigenvalue weighted by Crippen LogP contribution is -2.27. The van der Waals surface area contributed by atoms with Gasteiger partial charge in [0.2, 0.25) is 0 Å². The molecule has 6 heteroatoms. The van der Waals surface area contributed by atoms with E-state index < -0.39 is 0 Å². The fourth-order valence-corrected chi connectivity index (χ4v) is 3.96. The predicted molar refractivity (Wildman–Crippen MR) is 114 cm³/mol. The van der Waals surface area contributed by atoms with Gasteiger partial charge in [-0.1, -0.05) is 24.3 Å². The lowest BCUT2D eigenvalue weighted by Gasteiger charge is -2.20. The van der Waals surface area contributed by atoms with Crippen molar-refractivity contribution in [3.05, 3.63) is 66.2 Å². The molecule has 0 atom stereocenters. The van der Waals surface area contributed by atoms with E-state index in [1.165, 1.54) is 5.52 Å². The number of aromatic nitrogens is 1. The summed E-state index contributed by atoms with van der Waals surface area (Å²) in [6, 6.07) is 19.3. The number of fused-ring (bicyclic) bond motifs is 4. The molecule has 0 radical (unpaired) electrons. The molecule has 4 aromatic rings. The highest BCUT2D eigenvalue weighted by Crippen LogP contribution is 2.33. The number of hydrogen-bond acceptors (Lipinski definition) is 3. The normalized spacial score (nSPS) is 13.1. The number of carbonyl (C=O) groups is 2. The maximum Gasteiger partial charge on any atom is 0.262 e. The van der Waals surface area contributed by atoms with Crippen molar-refractivity contribution in [2.45, 2.75) is 13.5 Å². The summed E-state index contributed by atoms with van der Waals surface area (Å²) in [5.74, 6) is -0.113. The van der Waals surface area contributed by atoms with Gasteiger partial charge >= 0.3 is 0 Å². The van der Waals surface area contributed by atoms with E-state index in [0.29, 0.717) is 22.7 Å². The first-order chi connectivity index (χ1) is 14.2. The molecule has 5 rings (SSSR count). The Hall–Kier alpha value is -3.80. The largest absolute Gasteiger partial charge is 0.481 e. The molecule has 2 N–H and O–H groups in total. The number of nitrogens with one attached hydrogen (secondary N) is 2. The highest BCUT2D eigenvalue weighted by atomic mass is 16.5. The first-order valence-corrected chi connectivity index (χ1v) is 9.53. The highest BCUT2D eigenvalue weighted by Gasteiger charge is 2.22. The molecule has 3 aromatic carbocycles. The fourth-order valence-electron chi connectivity index (χ4n) is 3.96. The topological polar surface area (TPSA) is 72.4 Å². The summed E-state index contributed by atoms with van der Waals surface area (Å²) in [7, 11) is 0. The minimum Gasteiger partial charge on any atom is -0.481 e. The van der Waals surface area contributed by atoms with Gasteiger partial charge in [-0.15, -0.1) is 0 Å². The summed E-state index contributed by atoms with van der Waals surface area (Å²) >= 11 is 0. The number of carbonyl (C=O) groups excluding carboxylic acids is 2. The second-order valence-corrected chi connectivity index (χ2v) is 6.97. The van der Waals surface area contributed by atoms with Gasteiger partial charge in [0.25, 0.3) is 11.8 Å². The molecule has 0 aliphatic carbocycles. The van der Waals surface area contributed by atoms with Crippen molar-refractivity contribution < 1.29 is 14.3 Å². The van der Waals surface area contributed by atoms with Gasteiger partial charge in [-0.3, -0.25) is 9.59 Å². The zero-order chi connectivity index (χ0) is 20.0. The average Bonchev–Trinajstić information content (AvgIpc) is 3.06. The van der Waals surface area contributed by atoms with Crippen LogP contribution in [0.4, 0.5) is 11.4 Å². The summed E-state index contributed by atoms with van der Waals surface area (Å²) in [4.78, 5) is 24.4. The number of anilines is 2. The summed E-state index contributed by atoms with van der Waals surface area (Å²) < 4.78 is 7.76. The molecule has 0 fully saturated rings. The van der Waals surface area contributed by atoms with Gasteiger partial charge in [0.1, 0.15) is 0 Å². The SMILES string of the molecule is CCn1c2ccccc2c2cc(NC(=O)c3cccc4c3OCC(=O)N4)ccc21. The van der Waals surface area contributed by atoms with E-state index in [0.717, 1.165) is 22.8 Å². The van der Waals surface area contributed by atoms with Gasteiger partial charge in [0.05, 0.1) is 11.3 Å². The van der Waals surface area contributed by atoms with E-state index in [2.05, 4.69) is 34.3 Å². The molecular weight excluding hydrogens is 366 g/mol. The van der Waals surface area contributed by atoms with Crippen LogP contribution in [-0.4, -0.2) is 23.0 Å². The van der Waals surface area contributed by atoms with E-state index in [-0.39, 0.29) is 18.4 Å². The zero-order valence-electron chi connectivity index (χ0n) is 15.9. The molecule has 1 aliphatic rings. The molecule has 0 spiro atoms. The van der Waals surface area contributed by atoms with E-state index >= 15 is 0 Å². The number of benzene rings is 3. The molecule has 1 aromatic heterocycles. The number of hydrogen-bond donors (Lipinski definition) is 2. The van der Waals surface area contributed by atoms with Gasteiger partial charge < -0.3 is 19.9 Å². The van der Waals surface area contributed by atoms with Crippen molar-refractivity contribution in [3.63, 3.8) is 0 Å². The van der Waals surface area contributed by atoms with Crippen LogP contribution in [0.25, 0.3) is 21.8 Å². The number of ether oxygens (including phenoxy) is 1. The van der Waals surface area contributed by atoms with Crippen molar-refractivity contribution >= 4 is 45.0 Å². The van der Waals surface area contributed by atoms with Crippen LogP contribution in [0.3, 0.4) is 0 Å². The van der Waals surface area contributed by atoms with Gasteiger partial charge in [-0.25, -0.2) is 0 Å². The minimum absolute atomic E-state index is 0.0974. The summed E-state index contributed by atoms with van der Waals surface area (Å²) in [5.41, 5.74) is 3.91. The first kappa shape index (κ1) is 17.3. The molecule has 1 aliphatic heterocycles. The number of aryl methyl sites for hydroxylation is 1. The van der Waals surface area contributed by atoms with Gasteiger partial charge in [0.15, 0.2) is 12.4 Å². The molecule has 6 nitrogen and oxygen atoms in total. The van der Waals surface area contributed by atoms with Crippen molar-refractivity contribution in [1.29, 1.82) is 0 Å². The van der Waals surface area contributed by atoms with Crippen LogP contribution < -0.4 is 15.4 Å². The van der Waals surface area contributed by atoms with Crippen LogP contribution >= 0.6 is 0 Å². The molecule has 2 heterocycles. The van der Waals surface area contributed by atoms with E-state index in [4.69, 9.17) is 4.74 Å². The fraction of sp³-hybridized carbons (Fsp3) is 0.130. The Labute approximate surface area is 167 Å². The van der Waals surface area contributed by atoms with Crippen LogP contribution in [0.15, 0.2) is 60.7 Å². The molecule has 144 valence electrons. The van der Waals surface area contributed by atoms with E-state index in [1.54, 1.807) is 18.2 Å². The molecule has 29 heavy (non-hydrogen) atoms. The lowest BCUT2D eigenvalue weighted by molar-refractivity contribution is -0.118. The van der Waals surface area contributed by atoms with Crippen molar-refractivity contribution in [2.75, 3.05) is 17.2 Å². The standard InChI is InChI=1S/C23H19N3O3/c1-2-26-19-9-4-3-6-15(19)17-12-14(10-11-20(17)26)24-23(28)16-7-5-8-18-22(16)29-13-21(27)25-18/h3-12H,2,13H2,1H3,(H,24,28)(H,25,27). The van der Waals surface area contributed by atoms with Gasteiger partial charge in [-0.05, 0) is 43.3 Å². The maximum atomic E-state index is 12.9. The summed E-state index contributed by atoms with van der Waals surface area (Å²) in [6.07, 6.45) is 0. The third kappa shape index (κ3) is 2.81.